The predicted octanol–water partition coefficient (Wildman–Crippen LogP) is 3.52. The first-order valence-corrected chi connectivity index (χ1v) is 11.2. The number of nitrogens with zero attached hydrogens (tertiary/aromatic N) is 3. The molecule has 0 aliphatic carbocycles. The number of Topliss-reactive ketones (excluding diaryl/α,β-unsaturated/α-hetero) is 1. The van der Waals surface area contributed by atoms with Gasteiger partial charge in [-0.25, -0.2) is 4.98 Å². The van der Waals surface area contributed by atoms with Crippen LogP contribution in [0, 0.1) is 0 Å². The second-order valence-corrected chi connectivity index (χ2v) is 9.22. The van der Waals surface area contributed by atoms with E-state index in [9.17, 15) is 9.59 Å². The summed E-state index contributed by atoms with van der Waals surface area (Å²) in [6.07, 6.45) is 0. The van der Waals surface area contributed by atoms with Gasteiger partial charge in [-0.15, -0.1) is 11.3 Å². The summed E-state index contributed by atoms with van der Waals surface area (Å²) < 4.78 is 1.94. The average Bonchev–Trinajstić information content (AvgIpc) is 3.14. The van der Waals surface area contributed by atoms with Crippen LogP contribution in [0.5, 0.6) is 0 Å². The molecule has 0 saturated carbocycles. The first kappa shape index (κ1) is 19.7. The van der Waals surface area contributed by atoms with Crippen LogP contribution in [0.15, 0.2) is 46.8 Å². The SMILES string of the molecule is CC(=O)c1ccc(N2CCN(C(=O)CSc3nc4ccc(N)cc4s3)CC2)cc1. The molecule has 2 N–H and O–H groups in total. The van der Waals surface area contributed by atoms with Crippen LogP contribution in [0.25, 0.3) is 10.2 Å². The van der Waals surface area contributed by atoms with Crippen molar-refractivity contribution in [3.8, 4) is 0 Å². The monoisotopic (exact) mass is 426 g/mol. The summed E-state index contributed by atoms with van der Waals surface area (Å²) in [7, 11) is 0. The van der Waals surface area contributed by atoms with Gasteiger partial charge < -0.3 is 15.5 Å². The smallest absolute Gasteiger partial charge is 0.233 e. The lowest BCUT2D eigenvalue weighted by molar-refractivity contribution is -0.128. The topological polar surface area (TPSA) is 79.5 Å². The lowest BCUT2D eigenvalue weighted by Gasteiger charge is -2.36. The number of piperazine rings is 1. The molecule has 29 heavy (non-hydrogen) atoms. The Bertz CT molecular complexity index is 1040. The zero-order valence-corrected chi connectivity index (χ0v) is 17.8. The molecule has 1 aliphatic heterocycles. The Hall–Kier alpha value is -2.58. The summed E-state index contributed by atoms with van der Waals surface area (Å²) in [6.45, 7) is 4.54. The van der Waals surface area contributed by atoms with Crippen LogP contribution in [-0.2, 0) is 4.79 Å². The van der Waals surface area contributed by atoms with Crippen molar-refractivity contribution in [1.29, 1.82) is 0 Å². The molecule has 0 bridgehead atoms. The Morgan fingerprint density at radius 1 is 1.10 bits per heavy atom. The molecule has 4 rings (SSSR count). The molecule has 1 aliphatic rings. The Kier molecular flexibility index (Phi) is 5.73. The molecule has 0 atom stereocenters. The van der Waals surface area contributed by atoms with E-state index < -0.39 is 0 Å². The molecule has 6 nitrogen and oxygen atoms in total. The maximum Gasteiger partial charge on any atom is 0.233 e. The highest BCUT2D eigenvalue weighted by Crippen LogP contribution is 2.31. The normalized spacial score (nSPS) is 14.4. The highest BCUT2D eigenvalue weighted by Gasteiger charge is 2.22. The second kappa shape index (κ2) is 8.42. The van der Waals surface area contributed by atoms with Crippen LogP contribution in [0.1, 0.15) is 17.3 Å². The number of amides is 1. The lowest BCUT2D eigenvalue weighted by Crippen LogP contribution is -2.49. The summed E-state index contributed by atoms with van der Waals surface area (Å²) in [5.41, 5.74) is 9.27. The molecule has 0 unspecified atom stereocenters. The number of nitrogen functional groups attached to an aromatic ring is 1. The molecule has 0 spiro atoms. The third kappa shape index (κ3) is 4.54. The predicted molar refractivity (Wildman–Crippen MR) is 120 cm³/mol. The highest BCUT2D eigenvalue weighted by atomic mass is 32.2. The lowest BCUT2D eigenvalue weighted by atomic mass is 10.1. The molecule has 1 fully saturated rings. The number of carbonyl (C=O) groups is 2. The van der Waals surface area contributed by atoms with E-state index in [4.69, 9.17) is 5.73 Å². The van der Waals surface area contributed by atoms with Crippen molar-refractivity contribution in [3.63, 3.8) is 0 Å². The van der Waals surface area contributed by atoms with Crippen LogP contribution >= 0.6 is 23.1 Å². The molecule has 150 valence electrons. The number of thioether (sulfide) groups is 1. The summed E-state index contributed by atoms with van der Waals surface area (Å²) in [5.74, 6) is 0.601. The Morgan fingerprint density at radius 2 is 1.83 bits per heavy atom. The van der Waals surface area contributed by atoms with Gasteiger partial charge in [0.1, 0.15) is 0 Å². The van der Waals surface area contributed by atoms with Crippen molar-refractivity contribution in [3.05, 3.63) is 48.0 Å². The third-order valence-electron chi connectivity index (χ3n) is 4.98. The maximum absolute atomic E-state index is 12.6. The molecule has 1 aromatic heterocycles. The minimum Gasteiger partial charge on any atom is -0.399 e. The molecular weight excluding hydrogens is 404 g/mol. The molecule has 1 amide bonds. The van der Waals surface area contributed by atoms with Crippen LogP contribution < -0.4 is 10.6 Å². The van der Waals surface area contributed by atoms with E-state index >= 15 is 0 Å². The Labute approximate surface area is 177 Å². The average molecular weight is 427 g/mol. The van der Waals surface area contributed by atoms with E-state index in [0.717, 1.165) is 44.6 Å². The van der Waals surface area contributed by atoms with Crippen molar-refractivity contribution >= 4 is 56.4 Å². The molecule has 2 aromatic carbocycles. The number of benzene rings is 2. The van der Waals surface area contributed by atoms with Crippen LogP contribution in [0.3, 0.4) is 0 Å². The maximum atomic E-state index is 12.6. The fraction of sp³-hybridized carbons (Fsp3) is 0.286. The van der Waals surface area contributed by atoms with Crippen molar-refractivity contribution in [1.82, 2.24) is 9.88 Å². The largest absolute Gasteiger partial charge is 0.399 e. The molecule has 1 saturated heterocycles. The number of aromatic nitrogens is 1. The Balaban J connectivity index is 1.29. The number of hydrogen-bond donors (Lipinski definition) is 1. The number of fused-ring (bicyclic) bond motifs is 1. The number of nitrogens with two attached hydrogens (primary N) is 1. The van der Waals surface area contributed by atoms with Gasteiger partial charge in [0.25, 0.3) is 0 Å². The zero-order chi connectivity index (χ0) is 20.4. The van der Waals surface area contributed by atoms with E-state index in [1.807, 2.05) is 47.4 Å². The quantitative estimate of drug-likeness (QED) is 0.382. The number of ketones is 1. The minimum absolute atomic E-state index is 0.0704. The molecule has 2 heterocycles. The number of rotatable bonds is 5. The van der Waals surface area contributed by atoms with Crippen LogP contribution in [-0.4, -0.2) is 53.5 Å². The summed E-state index contributed by atoms with van der Waals surface area (Å²) in [6, 6.07) is 13.3. The molecule has 8 heteroatoms. The van der Waals surface area contributed by atoms with Gasteiger partial charge in [0.15, 0.2) is 10.1 Å². The molecule has 0 radical (unpaired) electrons. The van der Waals surface area contributed by atoms with Gasteiger partial charge in [0.05, 0.1) is 16.0 Å². The molecule has 3 aromatic rings. The van der Waals surface area contributed by atoms with Gasteiger partial charge in [-0.3, -0.25) is 9.59 Å². The third-order valence-corrected chi connectivity index (χ3v) is 7.13. The van der Waals surface area contributed by atoms with Crippen molar-refractivity contribution in [2.75, 3.05) is 42.6 Å². The fourth-order valence-electron chi connectivity index (χ4n) is 3.32. The number of carbonyl (C=O) groups excluding carboxylic acids is 2. The fourth-order valence-corrected chi connectivity index (χ4v) is 5.34. The van der Waals surface area contributed by atoms with Gasteiger partial charge in [0.2, 0.25) is 5.91 Å². The van der Waals surface area contributed by atoms with Gasteiger partial charge in [-0.2, -0.15) is 0 Å². The second-order valence-electron chi connectivity index (χ2n) is 6.97. The molecular formula is C21H22N4O2S2. The standard InChI is InChI=1S/C21H22N4O2S2/c1-14(26)15-2-5-17(6-3-15)24-8-10-25(11-9-24)20(27)13-28-21-23-18-7-4-16(22)12-19(18)29-21/h2-7,12H,8-11,13,22H2,1H3. The zero-order valence-electron chi connectivity index (χ0n) is 16.1. The van der Waals surface area contributed by atoms with E-state index in [-0.39, 0.29) is 11.7 Å². The van der Waals surface area contributed by atoms with Crippen LogP contribution in [0.4, 0.5) is 11.4 Å². The summed E-state index contributed by atoms with van der Waals surface area (Å²) in [5, 5.41) is 0. The Morgan fingerprint density at radius 3 is 2.52 bits per heavy atom. The number of anilines is 2. The van der Waals surface area contributed by atoms with Crippen molar-refractivity contribution in [2.24, 2.45) is 0 Å². The highest BCUT2D eigenvalue weighted by molar-refractivity contribution is 8.01. The first-order valence-electron chi connectivity index (χ1n) is 9.42. The minimum atomic E-state index is 0.0704. The summed E-state index contributed by atoms with van der Waals surface area (Å²) >= 11 is 3.05. The van der Waals surface area contributed by atoms with E-state index in [0.29, 0.717) is 18.8 Å². The van der Waals surface area contributed by atoms with Crippen molar-refractivity contribution < 1.29 is 9.59 Å². The first-order chi connectivity index (χ1) is 14.0. The van der Waals surface area contributed by atoms with E-state index in [1.165, 1.54) is 11.8 Å². The van der Waals surface area contributed by atoms with E-state index in [1.54, 1.807) is 18.3 Å². The number of hydrogen-bond acceptors (Lipinski definition) is 7. The van der Waals surface area contributed by atoms with Gasteiger partial charge in [-0.05, 0) is 49.4 Å². The number of thiazole rings is 1. The van der Waals surface area contributed by atoms with Crippen LogP contribution in [0.2, 0.25) is 0 Å². The van der Waals surface area contributed by atoms with Gasteiger partial charge in [0, 0.05) is 43.1 Å². The van der Waals surface area contributed by atoms with Crippen molar-refractivity contribution in [2.45, 2.75) is 11.3 Å². The van der Waals surface area contributed by atoms with E-state index in [2.05, 4.69) is 9.88 Å². The van der Waals surface area contributed by atoms with Gasteiger partial charge in [-0.1, -0.05) is 11.8 Å². The summed E-state index contributed by atoms with van der Waals surface area (Å²) in [4.78, 5) is 32.8. The van der Waals surface area contributed by atoms with Gasteiger partial charge >= 0.3 is 0 Å².